The summed E-state index contributed by atoms with van der Waals surface area (Å²) in [6.45, 7) is 10.1. The lowest BCUT2D eigenvalue weighted by Gasteiger charge is -2.18. The Bertz CT molecular complexity index is 425. The lowest BCUT2D eigenvalue weighted by molar-refractivity contribution is 0.0999. The van der Waals surface area contributed by atoms with E-state index in [1.165, 1.54) is 23.5 Å². The molecule has 3 nitrogen and oxygen atoms in total. The first-order valence-corrected chi connectivity index (χ1v) is 9.26. The van der Waals surface area contributed by atoms with Crippen LogP contribution in [0.1, 0.15) is 46.1 Å². The molecule has 0 heterocycles. The zero-order valence-electron chi connectivity index (χ0n) is 14.3. The monoisotopic (exact) mass is 323 g/mol. The van der Waals surface area contributed by atoms with E-state index in [1.807, 2.05) is 37.7 Å². The van der Waals surface area contributed by atoms with Crippen molar-refractivity contribution in [1.29, 1.82) is 0 Å². The van der Waals surface area contributed by atoms with E-state index in [-0.39, 0.29) is 6.09 Å². The van der Waals surface area contributed by atoms with Crippen molar-refractivity contribution in [3.05, 3.63) is 29.8 Å². The summed E-state index contributed by atoms with van der Waals surface area (Å²) in [5.74, 6) is 1.96. The molecular formula is C18H29NO2S. The van der Waals surface area contributed by atoms with Gasteiger partial charge in [-0.1, -0.05) is 38.8 Å². The second-order valence-electron chi connectivity index (χ2n) is 5.36. The van der Waals surface area contributed by atoms with Crippen molar-refractivity contribution in [1.82, 2.24) is 4.90 Å². The van der Waals surface area contributed by atoms with Gasteiger partial charge in [0.1, 0.15) is 6.61 Å². The predicted octanol–water partition coefficient (Wildman–Crippen LogP) is 5.19. The Kier molecular flexibility index (Phi) is 9.05. The number of ether oxygens (including phenoxy) is 1. The maximum atomic E-state index is 11.8. The summed E-state index contributed by atoms with van der Waals surface area (Å²) >= 11 is 1.91. The van der Waals surface area contributed by atoms with Crippen LogP contribution >= 0.6 is 11.8 Å². The number of thioether (sulfide) groups is 1. The van der Waals surface area contributed by atoms with Gasteiger partial charge in [0.25, 0.3) is 0 Å². The largest absolute Gasteiger partial charge is 0.445 e. The molecule has 124 valence electrons. The molecule has 1 aromatic rings. The number of benzene rings is 1. The van der Waals surface area contributed by atoms with Crippen LogP contribution in [0.4, 0.5) is 4.79 Å². The van der Waals surface area contributed by atoms with E-state index in [0.717, 1.165) is 11.5 Å². The highest BCUT2D eigenvalue weighted by Gasteiger charge is 2.10. The molecule has 0 aliphatic carbocycles. The molecular weight excluding hydrogens is 294 g/mol. The van der Waals surface area contributed by atoms with Crippen LogP contribution in [0.5, 0.6) is 0 Å². The van der Waals surface area contributed by atoms with Gasteiger partial charge in [-0.15, -0.1) is 11.8 Å². The summed E-state index contributed by atoms with van der Waals surface area (Å²) in [5, 5.41) is 0. The molecule has 0 fully saturated rings. The number of hydrogen-bond acceptors (Lipinski definition) is 3. The minimum atomic E-state index is -0.239. The number of hydrogen-bond donors (Lipinski definition) is 0. The van der Waals surface area contributed by atoms with Crippen LogP contribution in [0.3, 0.4) is 0 Å². The normalized spacial score (nSPS) is 10.8. The summed E-state index contributed by atoms with van der Waals surface area (Å²) < 4.78 is 5.33. The lowest BCUT2D eigenvalue weighted by Crippen LogP contribution is -2.30. The summed E-state index contributed by atoms with van der Waals surface area (Å²) in [6, 6.07) is 8.33. The molecule has 22 heavy (non-hydrogen) atoms. The van der Waals surface area contributed by atoms with Crippen molar-refractivity contribution in [2.24, 2.45) is 5.92 Å². The van der Waals surface area contributed by atoms with Gasteiger partial charge in [0.15, 0.2) is 0 Å². The zero-order chi connectivity index (χ0) is 16.4. The summed E-state index contributed by atoms with van der Waals surface area (Å²) in [7, 11) is 0. The quantitative estimate of drug-likeness (QED) is 0.585. The van der Waals surface area contributed by atoms with Crippen molar-refractivity contribution >= 4 is 17.9 Å². The van der Waals surface area contributed by atoms with Crippen LogP contribution in [-0.2, 0) is 11.3 Å². The maximum absolute atomic E-state index is 11.8. The molecule has 1 amide bonds. The average molecular weight is 324 g/mol. The highest BCUT2D eigenvalue weighted by Crippen LogP contribution is 2.24. The second-order valence-corrected chi connectivity index (χ2v) is 6.46. The van der Waals surface area contributed by atoms with E-state index in [0.29, 0.717) is 19.7 Å². The third kappa shape index (κ3) is 6.30. The van der Waals surface area contributed by atoms with E-state index in [9.17, 15) is 4.79 Å². The molecule has 0 radical (unpaired) electrons. The van der Waals surface area contributed by atoms with E-state index in [2.05, 4.69) is 26.0 Å². The van der Waals surface area contributed by atoms with Crippen LogP contribution in [0, 0.1) is 5.92 Å². The fourth-order valence-electron chi connectivity index (χ4n) is 2.14. The van der Waals surface area contributed by atoms with Gasteiger partial charge >= 0.3 is 6.09 Å². The van der Waals surface area contributed by atoms with Gasteiger partial charge < -0.3 is 9.64 Å². The Morgan fingerprint density at radius 3 is 2.18 bits per heavy atom. The van der Waals surface area contributed by atoms with E-state index in [1.54, 1.807) is 4.90 Å². The third-order valence-corrected chi connectivity index (χ3v) is 5.19. The van der Waals surface area contributed by atoms with Crippen molar-refractivity contribution in [2.45, 2.75) is 52.0 Å². The summed E-state index contributed by atoms with van der Waals surface area (Å²) in [5.41, 5.74) is 1.03. The van der Waals surface area contributed by atoms with Gasteiger partial charge in [-0.25, -0.2) is 4.79 Å². The highest BCUT2D eigenvalue weighted by atomic mass is 32.2. The SMILES string of the molecule is CCC(CC)CSc1ccc(COC(=O)N(CC)CC)cc1. The molecule has 1 rings (SSSR count). The van der Waals surface area contributed by atoms with Gasteiger partial charge in [0.05, 0.1) is 0 Å². The Hall–Kier alpha value is -1.16. The van der Waals surface area contributed by atoms with E-state index >= 15 is 0 Å². The Labute approximate surface area is 139 Å². The molecule has 4 heteroatoms. The molecule has 0 N–H and O–H groups in total. The predicted molar refractivity (Wildman–Crippen MR) is 94.3 cm³/mol. The zero-order valence-corrected chi connectivity index (χ0v) is 15.1. The second kappa shape index (κ2) is 10.5. The van der Waals surface area contributed by atoms with Crippen molar-refractivity contribution < 1.29 is 9.53 Å². The molecule has 0 aliphatic rings. The third-order valence-electron chi connectivity index (χ3n) is 3.95. The standard InChI is InChI=1S/C18H29NO2S/c1-5-15(6-2)14-22-17-11-9-16(10-12-17)13-21-18(20)19(7-3)8-4/h9-12,15H,5-8,13-14H2,1-4H3. The van der Waals surface area contributed by atoms with Crippen LogP contribution in [-0.4, -0.2) is 29.8 Å². The fourth-order valence-corrected chi connectivity index (χ4v) is 3.37. The molecule has 1 aromatic carbocycles. The Morgan fingerprint density at radius 2 is 1.68 bits per heavy atom. The molecule has 0 spiro atoms. The van der Waals surface area contributed by atoms with E-state index in [4.69, 9.17) is 4.74 Å². The Balaban J connectivity index is 2.43. The number of amides is 1. The van der Waals surface area contributed by atoms with Crippen molar-refractivity contribution in [2.75, 3.05) is 18.8 Å². The van der Waals surface area contributed by atoms with Crippen LogP contribution < -0.4 is 0 Å². The average Bonchev–Trinajstić information content (AvgIpc) is 2.56. The molecule has 0 aliphatic heterocycles. The highest BCUT2D eigenvalue weighted by molar-refractivity contribution is 7.99. The van der Waals surface area contributed by atoms with Gasteiger partial charge in [-0.3, -0.25) is 0 Å². The van der Waals surface area contributed by atoms with E-state index < -0.39 is 0 Å². The lowest BCUT2D eigenvalue weighted by atomic mass is 10.1. The molecule has 0 saturated carbocycles. The number of carbonyl (C=O) groups is 1. The first-order valence-electron chi connectivity index (χ1n) is 8.27. The van der Waals surface area contributed by atoms with Crippen molar-refractivity contribution in [3.8, 4) is 0 Å². The molecule has 0 aromatic heterocycles. The minimum absolute atomic E-state index is 0.239. The van der Waals surface area contributed by atoms with Gasteiger partial charge in [-0.05, 0) is 37.5 Å². The number of nitrogens with zero attached hydrogens (tertiary/aromatic N) is 1. The maximum Gasteiger partial charge on any atom is 0.410 e. The minimum Gasteiger partial charge on any atom is -0.445 e. The topological polar surface area (TPSA) is 29.5 Å². The number of carbonyl (C=O) groups excluding carboxylic acids is 1. The van der Waals surface area contributed by atoms with Crippen LogP contribution in [0.15, 0.2) is 29.2 Å². The van der Waals surface area contributed by atoms with Gasteiger partial charge in [0.2, 0.25) is 0 Å². The molecule has 0 atom stereocenters. The fraction of sp³-hybridized carbons (Fsp3) is 0.611. The van der Waals surface area contributed by atoms with Gasteiger partial charge in [-0.2, -0.15) is 0 Å². The Morgan fingerprint density at radius 1 is 1.09 bits per heavy atom. The van der Waals surface area contributed by atoms with Crippen LogP contribution in [0.2, 0.25) is 0 Å². The smallest absolute Gasteiger partial charge is 0.410 e. The van der Waals surface area contributed by atoms with Crippen molar-refractivity contribution in [3.63, 3.8) is 0 Å². The first kappa shape index (κ1) is 18.9. The summed E-state index contributed by atoms with van der Waals surface area (Å²) in [6.07, 6.45) is 2.24. The van der Waals surface area contributed by atoms with Crippen LogP contribution in [0.25, 0.3) is 0 Å². The molecule has 0 saturated heterocycles. The molecule has 0 unspecified atom stereocenters. The first-order chi connectivity index (χ1) is 10.6. The molecule has 0 bridgehead atoms. The summed E-state index contributed by atoms with van der Waals surface area (Å²) in [4.78, 5) is 14.8. The van der Waals surface area contributed by atoms with Gasteiger partial charge in [0, 0.05) is 23.7 Å². The number of rotatable bonds is 9.